The fourth-order valence-electron chi connectivity index (χ4n) is 3.53. The van der Waals surface area contributed by atoms with Crippen molar-refractivity contribution < 1.29 is 4.79 Å². The first-order valence-corrected chi connectivity index (χ1v) is 11.4. The quantitative estimate of drug-likeness (QED) is 0.173. The summed E-state index contributed by atoms with van der Waals surface area (Å²) in [5, 5.41) is 10.9. The number of aromatic nitrogens is 2. The van der Waals surface area contributed by atoms with E-state index in [2.05, 4.69) is 15.3 Å². The lowest BCUT2D eigenvalue weighted by atomic mass is 10.0. The molecule has 8 N–H and O–H groups in total. The van der Waals surface area contributed by atoms with Gasteiger partial charge < -0.3 is 32.7 Å². The van der Waals surface area contributed by atoms with Crippen LogP contribution in [0.25, 0.3) is 22.3 Å². The Bertz CT molecular complexity index is 1270. The molecule has 8 heteroatoms. The number of hydrogen-bond donors (Lipinski definition) is 5. The average Bonchev–Trinajstić information content (AvgIpc) is 2.90. The monoisotopic (exact) mass is 469 g/mol. The third kappa shape index (κ3) is 7.35. The van der Waals surface area contributed by atoms with Crippen molar-refractivity contribution in [1.29, 1.82) is 5.41 Å². The summed E-state index contributed by atoms with van der Waals surface area (Å²) < 4.78 is 0. The van der Waals surface area contributed by atoms with Gasteiger partial charge in [0.1, 0.15) is 12.1 Å². The Morgan fingerprint density at radius 2 is 1.60 bits per heavy atom. The molecule has 0 spiro atoms. The number of rotatable bonds is 3. The van der Waals surface area contributed by atoms with Crippen molar-refractivity contribution in [1.82, 2.24) is 15.3 Å². The maximum absolute atomic E-state index is 10.1. The summed E-state index contributed by atoms with van der Waals surface area (Å²) >= 11 is 0. The molecule has 0 atom stereocenters. The molecule has 35 heavy (non-hydrogen) atoms. The number of fused-ring (bicyclic) bond motifs is 1. The van der Waals surface area contributed by atoms with Crippen LogP contribution in [0, 0.1) is 11.3 Å². The Morgan fingerprint density at radius 1 is 0.886 bits per heavy atom. The minimum Gasteiger partial charge on any atom is -0.399 e. The van der Waals surface area contributed by atoms with Crippen molar-refractivity contribution in [3.63, 3.8) is 0 Å². The highest BCUT2D eigenvalue weighted by molar-refractivity contribution is 5.89. The van der Waals surface area contributed by atoms with Gasteiger partial charge in [0.25, 0.3) is 0 Å². The van der Waals surface area contributed by atoms with Crippen LogP contribution in [0.15, 0.2) is 72.8 Å². The first-order valence-electron chi connectivity index (χ1n) is 11.4. The van der Waals surface area contributed by atoms with Crippen molar-refractivity contribution in [3.8, 4) is 11.4 Å². The molecular weight excluding hydrogens is 438 g/mol. The molecule has 180 valence electrons. The number of anilines is 3. The first-order chi connectivity index (χ1) is 17.0. The van der Waals surface area contributed by atoms with E-state index < -0.39 is 0 Å². The van der Waals surface area contributed by atoms with Crippen LogP contribution in [0.2, 0.25) is 0 Å². The number of piperidine rings is 1. The number of carbonyl (C=O) groups is 1. The molecule has 0 unspecified atom stereocenters. The van der Waals surface area contributed by atoms with Crippen molar-refractivity contribution in [2.24, 2.45) is 5.92 Å². The fourth-order valence-corrected chi connectivity index (χ4v) is 3.53. The zero-order valence-corrected chi connectivity index (χ0v) is 19.5. The second-order valence-corrected chi connectivity index (χ2v) is 8.07. The van der Waals surface area contributed by atoms with E-state index in [1.807, 2.05) is 66.7 Å². The predicted octanol–water partition coefficient (Wildman–Crippen LogP) is 3.91. The van der Waals surface area contributed by atoms with Crippen LogP contribution in [0.1, 0.15) is 18.4 Å². The molecule has 1 saturated heterocycles. The van der Waals surface area contributed by atoms with Crippen molar-refractivity contribution in [3.05, 3.63) is 78.4 Å². The highest BCUT2D eigenvalue weighted by atomic mass is 16.1. The topological polar surface area (TPSA) is 157 Å². The average molecular weight is 470 g/mol. The summed E-state index contributed by atoms with van der Waals surface area (Å²) in [6, 6.07) is 22.4. The summed E-state index contributed by atoms with van der Waals surface area (Å²) in [5.74, 6) is 1.42. The molecule has 1 aliphatic heterocycles. The molecule has 0 saturated carbocycles. The van der Waals surface area contributed by atoms with Gasteiger partial charge in [0, 0.05) is 40.0 Å². The normalized spacial score (nSPS) is 13.0. The third-order valence-corrected chi connectivity index (χ3v) is 5.51. The standard InChI is InChI=1S/C14H12N4.C7H8N2.C6H11NO/c15-10-5-3-4-9(8-10)14-17-12-7-2-1-6-11(12)13(16)18-14;8-5-6-3-1-2-4-7(6)9;8-5-6-1-3-7-4-2-6/h1-8H,15H2,(H2,16,17,18);1-5,8H,9H2;5-7H,1-4H2. The van der Waals surface area contributed by atoms with Crippen LogP contribution in [0.4, 0.5) is 17.2 Å². The highest BCUT2D eigenvalue weighted by Gasteiger charge is 2.10. The molecule has 0 aliphatic carbocycles. The van der Waals surface area contributed by atoms with Crippen LogP contribution in [0.5, 0.6) is 0 Å². The SMILES string of the molecule is N=Cc1ccccc1N.Nc1cccc(-c2nc(N)c3ccccc3n2)c1.O=CC1CCNCC1. The molecule has 0 amide bonds. The molecule has 4 aromatic rings. The van der Waals surface area contributed by atoms with Crippen LogP contribution in [-0.2, 0) is 4.79 Å². The smallest absolute Gasteiger partial charge is 0.162 e. The van der Waals surface area contributed by atoms with Crippen molar-refractivity contribution >= 4 is 40.6 Å². The molecule has 0 radical (unpaired) electrons. The predicted molar refractivity (Wildman–Crippen MR) is 144 cm³/mol. The van der Waals surface area contributed by atoms with Gasteiger partial charge in [-0.15, -0.1) is 0 Å². The summed E-state index contributed by atoms with van der Waals surface area (Å²) in [6.45, 7) is 2.03. The first kappa shape index (κ1) is 25.3. The van der Waals surface area contributed by atoms with E-state index in [4.69, 9.17) is 22.6 Å². The van der Waals surface area contributed by atoms with E-state index in [0.29, 0.717) is 28.9 Å². The van der Waals surface area contributed by atoms with E-state index in [9.17, 15) is 4.79 Å². The number of aldehydes is 1. The Hall–Kier alpha value is -4.30. The maximum Gasteiger partial charge on any atom is 0.162 e. The number of nitrogen functional groups attached to an aromatic ring is 3. The number of nitrogens with two attached hydrogens (primary N) is 3. The molecule has 2 heterocycles. The lowest BCUT2D eigenvalue weighted by Crippen LogP contribution is -2.28. The number of benzene rings is 3. The third-order valence-electron chi connectivity index (χ3n) is 5.51. The molecule has 0 bridgehead atoms. The maximum atomic E-state index is 10.1. The molecular formula is C27H31N7O. The molecule has 1 aliphatic rings. The van der Waals surface area contributed by atoms with Gasteiger partial charge >= 0.3 is 0 Å². The number of para-hydroxylation sites is 2. The number of nitrogens with zero attached hydrogens (tertiary/aromatic N) is 2. The van der Waals surface area contributed by atoms with Gasteiger partial charge in [-0.1, -0.05) is 42.5 Å². The van der Waals surface area contributed by atoms with Crippen molar-refractivity contribution in [2.75, 3.05) is 30.3 Å². The highest BCUT2D eigenvalue weighted by Crippen LogP contribution is 2.23. The van der Waals surface area contributed by atoms with Gasteiger partial charge in [0.2, 0.25) is 0 Å². The van der Waals surface area contributed by atoms with E-state index in [0.717, 1.165) is 54.2 Å². The second-order valence-electron chi connectivity index (χ2n) is 8.07. The molecule has 1 fully saturated rings. The zero-order valence-electron chi connectivity index (χ0n) is 19.5. The zero-order chi connectivity index (χ0) is 25.0. The Kier molecular flexibility index (Phi) is 9.27. The van der Waals surface area contributed by atoms with E-state index in [1.165, 1.54) is 6.21 Å². The Morgan fingerprint density at radius 3 is 2.23 bits per heavy atom. The van der Waals surface area contributed by atoms with E-state index >= 15 is 0 Å². The summed E-state index contributed by atoms with van der Waals surface area (Å²) in [7, 11) is 0. The molecule has 5 rings (SSSR count). The Labute approximate surface area is 205 Å². The summed E-state index contributed by atoms with van der Waals surface area (Å²) in [6.07, 6.45) is 4.38. The van der Waals surface area contributed by atoms with Crippen molar-refractivity contribution in [2.45, 2.75) is 12.8 Å². The van der Waals surface area contributed by atoms with E-state index in [1.54, 1.807) is 6.07 Å². The van der Waals surface area contributed by atoms with Crippen LogP contribution in [-0.4, -0.2) is 35.6 Å². The van der Waals surface area contributed by atoms with Crippen LogP contribution < -0.4 is 22.5 Å². The number of nitrogens with one attached hydrogen (secondary N) is 2. The minimum absolute atomic E-state index is 0.344. The molecule has 1 aromatic heterocycles. The summed E-state index contributed by atoms with van der Waals surface area (Å²) in [5.41, 5.74) is 21.0. The largest absolute Gasteiger partial charge is 0.399 e. The molecule has 8 nitrogen and oxygen atoms in total. The lowest BCUT2D eigenvalue weighted by molar-refractivity contribution is -0.111. The fraction of sp³-hybridized carbons (Fsp3) is 0.185. The van der Waals surface area contributed by atoms with Gasteiger partial charge in [0.05, 0.1) is 5.52 Å². The van der Waals surface area contributed by atoms with E-state index in [-0.39, 0.29) is 0 Å². The lowest BCUT2D eigenvalue weighted by Gasteiger charge is -2.16. The van der Waals surface area contributed by atoms with Crippen LogP contribution in [0.3, 0.4) is 0 Å². The van der Waals surface area contributed by atoms with Gasteiger partial charge in [0.15, 0.2) is 5.82 Å². The number of hydrogen-bond acceptors (Lipinski definition) is 8. The summed E-state index contributed by atoms with van der Waals surface area (Å²) in [4.78, 5) is 19.0. The molecule has 3 aromatic carbocycles. The minimum atomic E-state index is 0.344. The Balaban J connectivity index is 0.000000168. The van der Waals surface area contributed by atoms with Gasteiger partial charge in [-0.05, 0) is 56.3 Å². The number of carbonyl (C=O) groups excluding carboxylic acids is 1. The second kappa shape index (κ2) is 12.8. The van der Waals surface area contributed by atoms with Crippen LogP contribution >= 0.6 is 0 Å². The van der Waals surface area contributed by atoms with Gasteiger partial charge in [-0.2, -0.15) is 0 Å². The van der Waals surface area contributed by atoms with Gasteiger partial charge in [-0.3, -0.25) is 0 Å². The van der Waals surface area contributed by atoms with Gasteiger partial charge in [-0.25, -0.2) is 9.97 Å².